The van der Waals surface area contributed by atoms with Crippen LogP contribution < -0.4 is 0 Å². The molecule has 3 aromatic carbocycles. The lowest BCUT2D eigenvalue weighted by molar-refractivity contribution is 0.210. The predicted molar refractivity (Wildman–Crippen MR) is 123 cm³/mol. The van der Waals surface area contributed by atoms with E-state index in [2.05, 4.69) is 59.4 Å². The second-order valence-electron chi connectivity index (χ2n) is 9.35. The molecule has 0 bridgehead atoms. The number of rotatable bonds is 5. The molecule has 162 valence electrons. The molecule has 0 radical (unpaired) electrons. The SMILES string of the molecule is Cc1cc2c(cnn2-c2ccc(F)cc2)cc1C12CN(Cc3ccccc3)CC1C2CO. The van der Waals surface area contributed by atoms with Gasteiger partial charge in [-0.25, -0.2) is 9.07 Å². The summed E-state index contributed by atoms with van der Waals surface area (Å²) in [5.74, 6) is 0.552. The van der Waals surface area contributed by atoms with Crippen molar-refractivity contribution in [2.75, 3.05) is 19.7 Å². The first-order valence-corrected chi connectivity index (χ1v) is 11.2. The zero-order chi connectivity index (χ0) is 21.9. The lowest BCUT2D eigenvalue weighted by atomic mass is 9.88. The van der Waals surface area contributed by atoms with Crippen LogP contribution in [0.5, 0.6) is 0 Å². The highest BCUT2D eigenvalue weighted by Gasteiger charge is 2.69. The van der Waals surface area contributed by atoms with E-state index in [-0.39, 0.29) is 17.8 Å². The first-order chi connectivity index (χ1) is 15.6. The fraction of sp³-hybridized carbons (Fsp3) is 0.296. The van der Waals surface area contributed by atoms with Crippen LogP contribution in [0, 0.1) is 24.6 Å². The second kappa shape index (κ2) is 7.26. The van der Waals surface area contributed by atoms with Crippen LogP contribution in [-0.4, -0.2) is 39.5 Å². The minimum atomic E-state index is -0.251. The highest BCUT2D eigenvalue weighted by Crippen LogP contribution is 2.64. The molecule has 5 heteroatoms. The highest BCUT2D eigenvalue weighted by molar-refractivity contribution is 5.83. The molecule has 2 heterocycles. The number of aromatic nitrogens is 2. The molecule has 3 atom stereocenters. The van der Waals surface area contributed by atoms with Gasteiger partial charge in [-0.1, -0.05) is 30.3 Å². The molecule has 1 aromatic heterocycles. The maximum atomic E-state index is 13.4. The van der Waals surface area contributed by atoms with Crippen LogP contribution in [0.1, 0.15) is 16.7 Å². The number of fused-ring (bicyclic) bond motifs is 2. The van der Waals surface area contributed by atoms with Crippen LogP contribution in [-0.2, 0) is 12.0 Å². The predicted octanol–water partition coefficient (Wildman–Crippen LogP) is 4.46. The van der Waals surface area contributed by atoms with Gasteiger partial charge < -0.3 is 5.11 Å². The maximum Gasteiger partial charge on any atom is 0.123 e. The van der Waals surface area contributed by atoms with Gasteiger partial charge in [-0.3, -0.25) is 4.90 Å². The van der Waals surface area contributed by atoms with Gasteiger partial charge >= 0.3 is 0 Å². The van der Waals surface area contributed by atoms with E-state index >= 15 is 0 Å². The normalized spacial score (nSPS) is 24.7. The molecule has 4 nitrogen and oxygen atoms in total. The van der Waals surface area contributed by atoms with Gasteiger partial charge in [0.2, 0.25) is 0 Å². The summed E-state index contributed by atoms with van der Waals surface area (Å²) in [6.07, 6.45) is 1.89. The maximum absolute atomic E-state index is 13.4. The Kier molecular flexibility index (Phi) is 4.46. The molecule has 6 rings (SSSR count). The van der Waals surface area contributed by atoms with Crippen molar-refractivity contribution < 1.29 is 9.50 Å². The molecule has 2 aliphatic rings. The zero-order valence-corrected chi connectivity index (χ0v) is 18.1. The molecule has 2 fully saturated rings. The van der Waals surface area contributed by atoms with Crippen molar-refractivity contribution in [2.45, 2.75) is 18.9 Å². The zero-order valence-electron chi connectivity index (χ0n) is 18.1. The van der Waals surface area contributed by atoms with Crippen LogP contribution >= 0.6 is 0 Å². The van der Waals surface area contributed by atoms with E-state index in [1.807, 2.05) is 10.9 Å². The van der Waals surface area contributed by atoms with Gasteiger partial charge in [0.05, 0.1) is 17.4 Å². The Morgan fingerprint density at radius 1 is 1.09 bits per heavy atom. The first-order valence-electron chi connectivity index (χ1n) is 11.2. The number of aliphatic hydroxyl groups is 1. The summed E-state index contributed by atoms with van der Waals surface area (Å²) in [6.45, 7) is 5.33. The lowest BCUT2D eigenvalue weighted by Crippen LogP contribution is -2.30. The molecule has 1 saturated heterocycles. The van der Waals surface area contributed by atoms with Crippen molar-refractivity contribution in [3.63, 3.8) is 0 Å². The van der Waals surface area contributed by atoms with E-state index in [0.29, 0.717) is 11.8 Å². The monoisotopic (exact) mass is 427 g/mol. The fourth-order valence-electron chi connectivity index (χ4n) is 6.05. The van der Waals surface area contributed by atoms with Crippen molar-refractivity contribution in [2.24, 2.45) is 11.8 Å². The number of nitrogens with zero attached hydrogens (tertiary/aromatic N) is 3. The Morgan fingerprint density at radius 3 is 2.62 bits per heavy atom. The Labute approximate surface area is 186 Å². The highest BCUT2D eigenvalue weighted by atomic mass is 19.1. The minimum absolute atomic E-state index is 0.0137. The van der Waals surface area contributed by atoms with E-state index < -0.39 is 0 Å². The molecule has 32 heavy (non-hydrogen) atoms. The molecule has 1 aliphatic heterocycles. The summed E-state index contributed by atoms with van der Waals surface area (Å²) in [6, 6.07) is 21.5. The van der Waals surface area contributed by atoms with Crippen molar-refractivity contribution in [3.8, 4) is 5.69 Å². The quantitative estimate of drug-likeness (QED) is 0.511. The summed E-state index contributed by atoms with van der Waals surface area (Å²) < 4.78 is 15.2. The number of piperidine rings is 1. The molecular weight excluding hydrogens is 401 g/mol. The molecule has 0 amide bonds. The topological polar surface area (TPSA) is 41.3 Å². The molecule has 4 aromatic rings. The number of benzene rings is 3. The van der Waals surface area contributed by atoms with Crippen molar-refractivity contribution in [1.29, 1.82) is 0 Å². The third-order valence-corrected chi connectivity index (χ3v) is 7.57. The Balaban J connectivity index is 1.35. The number of likely N-dealkylation sites (tertiary alicyclic amines) is 1. The van der Waals surface area contributed by atoms with Crippen LogP contribution in [0.2, 0.25) is 0 Å². The van der Waals surface area contributed by atoms with Gasteiger partial charge in [0.15, 0.2) is 0 Å². The summed E-state index contributed by atoms with van der Waals surface area (Å²) >= 11 is 0. The van der Waals surface area contributed by atoms with E-state index in [0.717, 1.165) is 36.2 Å². The number of hydrogen-bond donors (Lipinski definition) is 1. The van der Waals surface area contributed by atoms with Gasteiger partial charge in [-0.15, -0.1) is 0 Å². The van der Waals surface area contributed by atoms with Crippen LogP contribution in [0.15, 0.2) is 72.9 Å². The van der Waals surface area contributed by atoms with Gasteiger partial charge in [-0.2, -0.15) is 5.10 Å². The molecule has 1 N–H and O–H groups in total. The van der Waals surface area contributed by atoms with Crippen molar-refractivity contribution in [1.82, 2.24) is 14.7 Å². The Bertz CT molecular complexity index is 1280. The molecule has 1 aliphatic carbocycles. The van der Waals surface area contributed by atoms with Crippen molar-refractivity contribution >= 4 is 10.9 Å². The smallest absolute Gasteiger partial charge is 0.123 e. The van der Waals surface area contributed by atoms with E-state index in [1.54, 1.807) is 12.1 Å². The molecule has 0 spiro atoms. The fourth-order valence-corrected chi connectivity index (χ4v) is 6.05. The van der Waals surface area contributed by atoms with Gasteiger partial charge in [-0.05, 0) is 71.8 Å². The first kappa shape index (κ1) is 19.6. The third-order valence-electron chi connectivity index (χ3n) is 7.57. The number of aryl methyl sites for hydroxylation is 1. The Morgan fingerprint density at radius 2 is 1.88 bits per heavy atom. The average molecular weight is 428 g/mol. The number of halogens is 1. The average Bonchev–Trinajstić information content (AvgIpc) is 3.07. The van der Waals surface area contributed by atoms with Crippen LogP contribution in [0.4, 0.5) is 4.39 Å². The Hall–Kier alpha value is -3.02. The van der Waals surface area contributed by atoms with Gasteiger partial charge in [0.1, 0.15) is 5.82 Å². The minimum Gasteiger partial charge on any atom is -0.396 e. The molecule has 3 unspecified atom stereocenters. The summed E-state index contributed by atoms with van der Waals surface area (Å²) in [4.78, 5) is 2.53. The summed E-state index contributed by atoms with van der Waals surface area (Å²) in [5.41, 5.74) is 5.77. The molecule has 1 saturated carbocycles. The number of aliphatic hydroxyl groups excluding tert-OH is 1. The van der Waals surface area contributed by atoms with E-state index in [4.69, 9.17) is 0 Å². The largest absolute Gasteiger partial charge is 0.396 e. The van der Waals surface area contributed by atoms with Gasteiger partial charge in [0.25, 0.3) is 0 Å². The van der Waals surface area contributed by atoms with E-state index in [1.165, 1.54) is 28.8 Å². The lowest BCUT2D eigenvalue weighted by Gasteiger charge is -2.25. The van der Waals surface area contributed by atoms with Crippen molar-refractivity contribution in [3.05, 3.63) is 95.4 Å². The van der Waals surface area contributed by atoms with Crippen LogP contribution in [0.25, 0.3) is 16.6 Å². The third kappa shape index (κ3) is 2.92. The summed E-state index contributed by atoms with van der Waals surface area (Å²) in [5, 5.41) is 15.8. The van der Waals surface area contributed by atoms with E-state index in [9.17, 15) is 9.50 Å². The summed E-state index contributed by atoms with van der Waals surface area (Å²) in [7, 11) is 0. The standard InChI is InChI=1S/C27H26FN3O/c1-18-11-26-20(13-29-31(26)22-9-7-21(28)8-10-22)12-23(18)27-17-30(15-24(27)25(27)16-32)14-19-5-3-2-4-6-19/h2-13,24-25,32H,14-17H2,1H3. The van der Waals surface area contributed by atoms with Crippen LogP contribution in [0.3, 0.4) is 0 Å². The number of hydrogen-bond acceptors (Lipinski definition) is 3. The molecular formula is C27H26FN3O. The second-order valence-corrected chi connectivity index (χ2v) is 9.35. The van der Waals surface area contributed by atoms with Gasteiger partial charge in [0, 0.05) is 37.0 Å².